The first-order valence-corrected chi connectivity index (χ1v) is 6.43. The fourth-order valence-corrected chi connectivity index (χ4v) is 1.57. The molecule has 0 spiro atoms. The lowest BCUT2D eigenvalue weighted by molar-refractivity contribution is -0.126. The maximum absolute atomic E-state index is 13.4. The molecule has 3 amide bonds. The van der Waals surface area contributed by atoms with E-state index in [4.69, 9.17) is 4.74 Å². The second-order valence-electron chi connectivity index (χ2n) is 3.68. The largest absolute Gasteiger partial charge is 0.478 e. The lowest BCUT2D eigenvalue weighted by Crippen LogP contribution is -2.45. The Morgan fingerprint density at radius 3 is 2.79 bits per heavy atom. The molecule has 1 rings (SSSR count). The normalized spacial score (nSPS) is 11.6. The van der Waals surface area contributed by atoms with E-state index in [1.165, 1.54) is 25.1 Å². The molecule has 0 saturated heterocycles. The molecule has 0 fully saturated rings. The van der Waals surface area contributed by atoms with Crippen LogP contribution in [0.3, 0.4) is 0 Å². The lowest BCUT2D eigenvalue weighted by Gasteiger charge is -2.14. The van der Waals surface area contributed by atoms with Gasteiger partial charge in [0.15, 0.2) is 17.7 Å². The van der Waals surface area contributed by atoms with Crippen LogP contribution in [-0.2, 0) is 4.79 Å². The summed E-state index contributed by atoms with van der Waals surface area (Å²) >= 11 is 3.17. The standard InChI is InChI=1S/C12H14BrFN2O3/c1-3-15-12(18)16-11(17)7(2)19-10-6-8(13)4-5-9(10)14/h4-7H,3H2,1-2H3,(H2,15,16,17,18). The fraction of sp³-hybridized carbons (Fsp3) is 0.333. The number of ether oxygens (including phenoxy) is 1. The van der Waals surface area contributed by atoms with Gasteiger partial charge in [-0.05, 0) is 32.0 Å². The molecule has 19 heavy (non-hydrogen) atoms. The molecule has 1 aromatic rings. The van der Waals surface area contributed by atoms with Crippen molar-refractivity contribution in [2.24, 2.45) is 0 Å². The van der Waals surface area contributed by atoms with Crippen molar-refractivity contribution in [3.05, 3.63) is 28.5 Å². The van der Waals surface area contributed by atoms with Gasteiger partial charge in [-0.25, -0.2) is 9.18 Å². The van der Waals surface area contributed by atoms with Gasteiger partial charge in [-0.15, -0.1) is 0 Å². The summed E-state index contributed by atoms with van der Waals surface area (Å²) in [6.45, 7) is 3.55. The molecule has 7 heteroatoms. The van der Waals surface area contributed by atoms with Crippen LogP contribution in [0, 0.1) is 5.82 Å². The number of hydrogen-bond acceptors (Lipinski definition) is 3. The molecule has 2 N–H and O–H groups in total. The van der Waals surface area contributed by atoms with Crippen molar-refractivity contribution in [3.63, 3.8) is 0 Å². The smallest absolute Gasteiger partial charge is 0.321 e. The quantitative estimate of drug-likeness (QED) is 0.888. The SMILES string of the molecule is CCNC(=O)NC(=O)C(C)Oc1cc(Br)ccc1F. The minimum atomic E-state index is -0.994. The van der Waals surface area contributed by atoms with Crippen LogP contribution in [-0.4, -0.2) is 24.6 Å². The van der Waals surface area contributed by atoms with Gasteiger partial charge in [0.1, 0.15) is 0 Å². The van der Waals surface area contributed by atoms with Crippen molar-refractivity contribution in [2.75, 3.05) is 6.54 Å². The fourth-order valence-electron chi connectivity index (χ4n) is 1.23. The Morgan fingerprint density at radius 2 is 2.16 bits per heavy atom. The zero-order chi connectivity index (χ0) is 14.4. The number of nitrogens with one attached hydrogen (secondary N) is 2. The number of carbonyl (C=O) groups excluding carboxylic acids is 2. The molecule has 0 bridgehead atoms. The van der Waals surface area contributed by atoms with E-state index in [0.717, 1.165) is 0 Å². The summed E-state index contributed by atoms with van der Waals surface area (Å²) in [6.07, 6.45) is -0.994. The minimum absolute atomic E-state index is 0.0621. The van der Waals surface area contributed by atoms with Crippen LogP contribution in [0.5, 0.6) is 5.75 Å². The van der Waals surface area contributed by atoms with Crippen molar-refractivity contribution in [1.82, 2.24) is 10.6 Å². The van der Waals surface area contributed by atoms with Crippen LogP contribution in [0.4, 0.5) is 9.18 Å². The number of rotatable bonds is 4. The van der Waals surface area contributed by atoms with Crippen LogP contribution in [0.1, 0.15) is 13.8 Å². The molecule has 5 nitrogen and oxygen atoms in total. The minimum Gasteiger partial charge on any atom is -0.478 e. The monoisotopic (exact) mass is 332 g/mol. The number of benzene rings is 1. The van der Waals surface area contributed by atoms with Gasteiger partial charge >= 0.3 is 6.03 Å². The van der Waals surface area contributed by atoms with Crippen LogP contribution < -0.4 is 15.4 Å². The number of urea groups is 1. The molecule has 0 heterocycles. The molecule has 1 aromatic carbocycles. The lowest BCUT2D eigenvalue weighted by atomic mass is 10.3. The topological polar surface area (TPSA) is 67.4 Å². The van der Waals surface area contributed by atoms with E-state index >= 15 is 0 Å². The molecular weight excluding hydrogens is 319 g/mol. The maximum Gasteiger partial charge on any atom is 0.321 e. The first-order valence-electron chi connectivity index (χ1n) is 5.64. The van der Waals surface area contributed by atoms with E-state index in [-0.39, 0.29) is 5.75 Å². The number of amides is 3. The molecule has 0 saturated carbocycles. The predicted molar refractivity (Wildman–Crippen MR) is 71.4 cm³/mol. The van der Waals surface area contributed by atoms with Gasteiger partial charge in [-0.1, -0.05) is 15.9 Å². The molecule has 0 aliphatic heterocycles. The second-order valence-corrected chi connectivity index (χ2v) is 4.60. The van der Waals surface area contributed by atoms with Gasteiger partial charge in [0.05, 0.1) is 0 Å². The van der Waals surface area contributed by atoms with Crippen molar-refractivity contribution >= 4 is 27.9 Å². The number of carbonyl (C=O) groups is 2. The molecule has 0 aliphatic rings. The Balaban J connectivity index is 2.63. The molecule has 1 atom stereocenters. The highest BCUT2D eigenvalue weighted by molar-refractivity contribution is 9.10. The summed E-state index contributed by atoms with van der Waals surface area (Å²) in [7, 11) is 0. The van der Waals surface area contributed by atoms with E-state index in [9.17, 15) is 14.0 Å². The maximum atomic E-state index is 13.4. The van der Waals surface area contributed by atoms with E-state index in [0.29, 0.717) is 11.0 Å². The van der Waals surface area contributed by atoms with E-state index < -0.39 is 23.9 Å². The van der Waals surface area contributed by atoms with Crippen molar-refractivity contribution < 1.29 is 18.7 Å². The highest BCUT2D eigenvalue weighted by Gasteiger charge is 2.18. The molecule has 0 radical (unpaired) electrons. The van der Waals surface area contributed by atoms with Gasteiger partial charge in [-0.3, -0.25) is 10.1 Å². The third kappa shape index (κ3) is 4.86. The number of hydrogen-bond donors (Lipinski definition) is 2. The average molecular weight is 333 g/mol. The van der Waals surface area contributed by atoms with E-state index in [1.807, 2.05) is 0 Å². The Morgan fingerprint density at radius 1 is 1.47 bits per heavy atom. The number of halogens is 2. The molecule has 0 aromatic heterocycles. The van der Waals surface area contributed by atoms with Crippen molar-refractivity contribution in [1.29, 1.82) is 0 Å². The summed E-state index contributed by atoms with van der Waals surface area (Å²) < 4.78 is 19.2. The summed E-state index contributed by atoms with van der Waals surface area (Å²) in [4.78, 5) is 22.7. The summed E-state index contributed by atoms with van der Waals surface area (Å²) in [5, 5.41) is 4.49. The van der Waals surface area contributed by atoms with E-state index in [1.54, 1.807) is 6.92 Å². The highest BCUT2D eigenvalue weighted by Crippen LogP contribution is 2.23. The zero-order valence-electron chi connectivity index (χ0n) is 10.5. The van der Waals surface area contributed by atoms with Crippen molar-refractivity contribution in [3.8, 4) is 5.75 Å². The molecule has 0 aliphatic carbocycles. The third-order valence-electron chi connectivity index (χ3n) is 2.14. The first-order chi connectivity index (χ1) is 8.93. The Bertz CT molecular complexity index is 482. The van der Waals surface area contributed by atoms with Gasteiger partial charge < -0.3 is 10.1 Å². The van der Waals surface area contributed by atoms with Gasteiger partial charge in [0.2, 0.25) is 0 Å². The Hall–Kier alpha value is -1.63. The molecule has 1 unspecified atom stereocenters. The zero-order valence-corrected chi connectivity index (χ0v) is 12.1. The molecule has 104 valence electrons. The van der Waals surface area contributed by atoms with Crippen molar-refractivity contribution in [2.45, 2.75) is 20.0 Å². The van der Waals surface area contributed by atoms with Crippen LogP contribution in [0.2, 0.25) is 0 Å². The van der Waals surface area contributed by atoms with Gasteiger partial charge in [0.25, 0.3) is 5.91 Å². The van der Waals surface area contributed by atoms with Crippen LogP contribution in [0.25, 0.3) is 0 Å². The van der Waals surface area contributed by atoms with E-state index in [2.05, 4.69) is 26.6 Å². The summed E-state index contributed by atoms with van der Waals surface area (Å²) in [5.74, 6) is -1.29. The highest BCUT2D eigenvalue weighted by atomic mass is 79.9. The molecular formula is C12H14BrFN2O3. The number of imide groups is 1. The van der Waals surface area contributed by atoms with Crippen LogP contribution >= 0.6 is 15.9 Å². The predicted octanol–water partition coefficient (Wildman–Crippen LogP) is 2.20. The summed E-state index contributed by atoms with van der Waals surface area (Å²) in [6, 6.07) is 3.53. The van der Waals surface area contributed by atoms with Crippen LogP contribution in [0.15, 0.2) is 22.7 Å². The van der Waals surface area contributed by atoms with Gasteiger partial charge in [0, 0.05) is 11.0 Å². The third-order valence-corrected chi connectivity index (χ3v) is 2.63. The Kier molecular flexibility index (Phi) is 5.75. The Labute approximate surface area is 118 Å². The average Bonchev–Trinajstić information content (AvgIpc) is 2.34. The van der Waals surface area contributed by atoms with Gasteiger partial charge in [-0.2, -0.15) is 0 Å². The first kappa shape index (κ1) is 15.4. The second kappa shape index (κ2) is 7.08. The summed E-state index contributed by atoms with van der Waals surface area (Å²) in [5.41, 5.74) is 0.